The fourth-order valence-corrected chi connectivity index (χ4v) is 5.18. The van der Waals surface area contributed by atoms with Crippen LogP contribution in [0.1, 0.15) is 35.3 Å². The zero-order valence-corrected chi connectivity index (χ0v) is 18.8. The molecule has 2 aromatic carbocycles. The number of likely N-dealkylation sites (tertiary alicyclic amines) is 1. The lowest BCUT2D eigenvalue weighted by atomic mass is 9.88. The van der Waals surface area contributed by atoms with Gasteiger partial charge >= 0.3 is 6.36 Å². The lowest BCUT2D eigenvalue weighted by Gasteiger charge is -2.39. The minimum Gasteiger partial charge on any atom is -0.487 e. The second-order valence-electron chi connectivity index (χ2n) is 9.11. The third-order valence-corrected chi connectivity index (χ3v) is 6.60. The van der Waals surface area contributed by atoms with Gasteiger partial charge in [0.05, 0.1) is 35.2 Å². The van der Waals surface area contributed by atoms with Gasteiger partial charge < -0.3 is 20.1 Å². The minimum atomic E-state index is -4.84. The third kappa shape index (κ3) is 3.55. The first-order valence-electron chi connectivity index (χ1n) is 11.2. The normalized spacial score (nSPS) is 21.4. The highest BCUT2D eigenvalue weighted by Gasteiger charge is 2.46. The molecule has 36 heavy (non-hydrogen) atoms. The fourth-order valence-electron chi connectivity index (χ4n) is 5.18. The van der Waals surface area contributed by atoms with Crippen molar-refractivity contribution in [1.82, 2.24) is 19.3 Å². The predicted molar refractivity (Wildman–Crippen MR) is 120 cm³/mol. The molecular weight excluding hydrogens is 482 g/mol. The van der Waals surface area contributed by atoms with Crippen LogP contribution in [0.3, 0.4) is 0 Å². The van der Waals surface area contributed by atoms with Gasteiger partial charge in [-0.15, -0.1) is 13.2 Å². The summed E-state index contributed by atoms with van der Waals surface area (Å²) in [6.45, 7) is 2.25. The Labute approximate surface area is 201 Å². The van der Waals surface area contributed by atoms with E-state index in [-0.39, 0.29) is 28.6 Å². The molecule has 12 heteroatoms. The number of ether oxygens (including phenoxy) is 2. The quantitative estimate of drug-likeness (QED) is 0.407. The molecule has 0 aliphatic carbocycles. The Balaban J connectivity index is 1.41. The third-order valence-electron chi connectivity index (χ3n) is 6.60. The van der Waals surface area contributed by atoms with Crippen LogP contribution < -0.4 is 15.2 Å². The Kier molecular flexibility index (Phi) is 4.79. The second-order valence-corrected chi connectivity index (χ2v) is 9.11. The van der Waals surface area contributed by atoms with Gasteiger partial charge in [0.15, 0.2) is 0 Å². The topological polar surface area (TPSA) is 95.0 Å². The van der Waals surface area contributed by atoms with E-state index in [0.717, 1.165) is 12.1 Å². The van der Waals surface area contributed by atoms with E-state index < -0.39 is 36.0 Å². The summed E-state index contributed by atoms with van der Waals surface area (Å²) in [5.74, 6) is -1.34. The lowest BCUT2D eigenvalue weighted by molar-refractivity contribution is -0.274. The molecular formula is C24H19F4N5O3. The number of halogens is 4. The van der Waals surface area contributed by atoms with Crippen LogP contribution in [-0.4, -0.2) is 44.2 Å². The van der Waals surface area contributed by atoms with E-state index >= 15 is 4.39 Å². The summed E-state index contributed by atoms with van der Waals surface area (Å²) in [7, 11) is 0. The number of carbonyl (C=O) groups is 1. The molecule has 0 saturated carbocycles. The monoisotopic (exact) mass is 501 g/mol. The number of anilines is 1. The average molecular weight is 501 g/mol. The molecule has 1 amide bonds. The van der Waals surface area contributed by atoms with Crippen LogP contribution in [-0.2, 0) is 0 Å². The molecule has 2 N–H and O–H groups in total. The maximum Gasteiger partial charge on any atom is 0.573 e. The highest BCUT2D eigenvalue weighted by molar-refractivity contribution is 5.99. The zero-order chi connectivity index (χ0) is 25.4. The predicted octanol–water partition coefficient (Wildman–Crippen LogP) is 4.49. The number of rotatable bonds is 2. The average Bonchev–Trinajstić information content (AvgIpc) is 3.41. The number of imidazole rings is 1. The van der Waals surface area contributed by atoms with Crippen LogP contribution in [0.5, 0.6) is 11.5 Å². The summed E-state index contributed by atoms with van der Waals surface area (Å²) in [5, 5.41) is 0. The molecule has 0 unspecified atom stereocenters. The highest BCUT2D eigenvalue weighted by atomic mass is 19.4. The van der Waals surface area contributed by atoms with Crippen LogP contribution in [0.2, 0.25) is 0 Å². The number of fused-ring (bicyclic) bond motifs is 6. The van der Waals surface area contributed by atoms with E-state index in [2.05, 4.69) is 14.7 Å². The van der Waals surface area contributed by atoms with Crippen LogP contribution in [0.4, 0.5) is 23.4 Å². The van der Waals surface area contributed by atoms with Crippen molar-refractivity contribution in [2.24, 2.45) is 5.92 Å². The summed E-state index contributed by atoms with van der Waals surface area (Å²) in [6.07, 6.45) is -1.73. The Bertz CT molecular complexity index is 1540. The number of carbonyl (C=O) groups excluding carboxylic acids is 1. The molecule has 1 fully saturated rings. The Morgan fingerprint density at radius 1 is 1.22 bits per heavy atom. The van der Waals surface area contributed by atoms with Gasteiger partial charge in [-0.3, -0.25) is 9.20 Å². The van der Waals surface area contributed by atoms with Gasteiger partial charge in [-0.2, -0.15) is 0 Å². The summed E-state index contributed by atoms with van der Waals surface area (Å²) >= 11 is 0. The number of piperidine rings is 1. The van der Waals surface area contributed by atoms with E-state index in [0.29, 0.717) is 29.6 Å². The number of aromatic nitrogens is 3. The molecule has 3 atom stereocenters. The van der Waals surface area contributed by atoms with E-state index in [1.54, 1.807) is 4.40 Å². The van der Waals surface area contributed by atoms with Crippen molar-refractivity contribution in [3.8, 4) is 11.5 Å². The number of hydrogen-bond acceptors (Lipinski definition) is 6. The van der Waals surface area contributed by atoms with Gasteiger partial charge in [0.1, 0.15) is 34.8 Å². The Morgan fingerprint density at radius 3 is 2.81 bits per heavy atom. The summed E-state index contributed by atoms with van der Waals surface area (Å²) in [5.41, 5.74) is 7.57. The second kappa shape index (κ2) is 7.70. The molecule has 0 bridgehead atoms. The van der Waals surface area contributed by atoms with Gasteiger partial charge in [0.2, 0.25) is 0 Å². The number of nitrogen functional groups attached to an aromatic ring is 1. The number of amides is 1. The van der Waals surface area contributed by atoms with Gasteiger partial charge in [-0.1, -0.05) is 6.92 Å². The maximum absolute atomic E-state index is 15.2. The molecule has 0 spiro atoms. The molecule has 4 aromatic rings. The lowest BCUT2D eigenvalue weighted by Crippen LogP contribution is -2.47. The van der Waals surface area contributed by atoms with Crippen molar-refractivity contribution in [3.05, 3.63) is 59.8 Å². The molecule has 2 aliphatic heterocycles. The first-order valence-corrected chi connectivity index (χ1v) is 11.2. The highest BCUT2D eigenvalue weighted by Crippen LogP contribution is 2.47. The SMILES string of the molecule is C[C@@H]1C[C@@H]2Oc3cc(OC(F)(F)F)ccc3[C@@H]2N(C(=O)c2cc3c(cc2F)nc(N)c2cncn23)C1. The number of nitrogens with zero attached hydrogens (tertiary/aromatic N) is 4. The van der Waals surface area contributed by atoms with Gasteiger partial charge in [-0.05, 0) is 30.5 Å². The number of benzene rings is 2. The Hall–Kier alpha value is -4.09. The van der Waals surface area contributed by atoms with Gasteiger partial charge in [0.25, 0.3) is 5.91 Å². The van der Waals surface area contributed by atoms with Crippen molar-refractivity contribution < 1.29 is 31.8 Å². The molecule has 186 valence electrons. The number of nitrogens with two attached hydrogens (primary N) is 1. The molecule has 0 radical (unpaired) electrons. The summed E-state index contributed by atoms with van der Waals surface area (Å²) < 4.78 is 64.8. The first kappa shape index (κ1) is 22.4. The van der Waals surface area contributed by atoms with Gasteiger partial charge in [0, 0.05) is 24.2 Å². The number of hydrogen-bond donors (Lipinski definition) is 1. The molecule has 1 saturated heterocycles. The fraction of sp³-hybridized carbons (Fsp3) is 0.292. The molecule has 8 nitrogen and oxygen atoms in total. The molecule has 2 aliphatic rings. The minimum absolute atomic E-state index is 0.0146. The van der Waals surface area contributed by atoms with Crippen molar-refractivity contribution in [1.29, 1.82) is 0 Å². The maximum atomic E-state index is 15.2. The standard InChI is InChI=1S/C24H19F4N5O3/c1-11-4-20-21(13-3-2-12(5-19(13)35-20)36-24(26,27)28)32(9-11)23(34)14-6-17-16(7-15(14)25)31-22(29)18-8-30-10-33(17)18/h2-3,5-8,10-11,20-21H,4,9H2,1H3,(H2,29,31)/t11-,20+,21+/m1/s1. The van der Waals surface area contributed by atoms with Crippen molar-refractivity contribution in [3.63, 3.8) is 0 Å². The Morgan fingerprint density at radius 2 is 2.03 bits per heavy atom. The largest absolute Gasteiger partial charge is 0.573 e. The zero-order valence-electron chi connectivity index (χ0n) is 18.8. The van der Waals surface area contributed by atoms with Crippen molar-refractivity contribution in [2.75, 3.05) is 12.3 Å². The summed E-state index contributed by atoms with van der Waals surface area (Å²) in [4.78, 5) is 23.5. The van der Waals surface area contributed by atoms with E-state index in [1.165, 1.54) is 35.6 Å². The van der Waals surface area contributed by atoms with E-state index in [1.807, 2.05) is 6.92 Å². The van der Waals surface area contributed by atoms with Gasteiger partial charge in [-0.25, -0.2) is 14.4 Å². The number of alkyl halides is 3. The molecule has 4 heterocycles. The van der Waals surface area contributed by atoms with Crippen molar-refractivity contribution in [2.45, 2.75) is 31.9 Å². The molecule has 2 aromatic heterocycles. The smallest absolute Gasteiger partial charge is 0.487 e. The van der Waals surface area contributed by atoms with Crippen LogP contribution >= 0.6 is 0 Å². The van der Waals surface area contributed by atoms with Crippen LogP contribution in [0.15, 0.2) is 42.9 Å². The van der Waals surface area contributed by atoms with Crippen LogP contribution in [0.25, 0.3) is 16.6 Å². The molecule has 6 rings (SSSR count). The summed E-state index contributed by atoms with van der Waals surface area (Å²) in [6, 6.07) is 5.78. The first-order chi connectivity index (χ1) is 17.1. The van der Waals surface area contributed by atoms with Crippen molar-refractivity contribution >= 4 is 28.3 Å². The van der Waals surface area contributed by atoms with E-state index in [4.69, 9.17) is 10.5 Å². The van der Waals surface area contributed by atoms with Crippen LogP contribution in [0, 0.1) is 11.7 Å². The van der Waals surface area contributed by atoms with E-state index in [9.17, 15) is 18.0 Å².